The molecule has 0 atom stereocenters. The number of nitrogens with zero attached hydrogens (tertiary/aromatic N) is 2. The van der Waals surface area contributed by atoms with Gasteiger partial charge < -0.3 is 4.74 Å². The average Bonchev–Trinajstić information content (AvgIpc) is 2.57. The second kappa shape index (κ2) is 4.40. The van der Waals surface area contributed by atoms with E-state index in [0.717, 1.165) is 16.5 Å². The van der Waals surface area contributed by atoms with Crippen molar-refractivity contribution in [2.24, 2.45) is 0 Å². The van der Waals surface area contributed by atoms with E-state index in [4.69, 9.17) is 4.74 Å². The summed E-state index contributed by atoms with van der Waals surface area (Å²) in [6, 6.07) is 3.74. The first kappa shape index (κ1) is 10.1. The third-order valence-electron chi connectivity index (χ3n) is 2.07. The van der Waals surface area contributed by atoms with E-state index < -0.39 is 0 Å². The van der Waals surface area contributed by atoms with E-state index in [9.17, 15) is 0 Å². The zero-order chi connectivity index (χ0) is 10.7. The number of aryl methyl sites for hydroxylation is 2. The molecule has 4 heteroatoms. The van der Waals surface area contributed by atoms with Gasteiger partial charge in [-0.25, -0.2) is 4.98 Å². The summed E-state index contributed by atoms with van der Waals surface area (Å²) in [5.41, 5.74) is 1.09. The van der Waals surface area contributed by atoms with Crippen LogP contribution in [0, 0.1) is 13.8 Å². The molecule has 0 aliphatic heterocycles. The van der Waals surface area contributed by atoms with Crippen molar-refractivity contribution in [2.75, 3.05) is 0 Å². The fourth-order valence-corrected chi connectivity index (χ4v) is 2.03. The Labute approximate surface area is 92.8 Å². The summed E-state index contributed by atoms with van der Waals surface area (Å²) in [6.07, 6.45) is 3.43. The van der Waals surface area contributed by atoms with E-state index in [1.165, 1.54) is 4.88 Å². The fraction of sp³-hybridized carbons (Fsp3) is 0.273. The lowest BCUT2D eigenvalue weighted by molar-refractivity contribution is 0.304. The Balaban J connectivity index is 1.99. The average molecular weight is 220 g/mol. The molecular formula is C11H12N2OS. The first-order valence-electron chi connectivity index (χ1n) is 4.71. The third kappa shape index (κ3) is 2.53. The first-order chi connectivity index (χ1) is 7.25. The highest BCUT2D eigenvalue weighted by molar-refractivity contribution is 7.11. The van der Waals surface area contributed by atoms with Gasteiger partial charge in [0.2, 0.25) is 0 Å². The van der Waals surface area contributed by atoms with Crippen molar-refractivity contribution >= 4 is 11.3 Å². The molecule has 0 radical (unpaired) electrons. The van der Waals surface area contributed by atoms with E-state index in [2.05, 4.69) is 16.9 Å². The van der Waals surface area contributed by atoms with Crippen LogP contribution in [0.4, 0.5) is 0 Å². The Hall–Kier alpha value is -1.42. The molecule has 0 saturated carbocycles. The summed E-state index contributed by atoms with van der Waals surface area (Å²) in [5.74, 6) is 0.781. The Kier molecular flexibility index (Phi) is 2.97. The Bertz CT molecular complexity index is 420. The summed E-state index contributed by atoms with van der Waals surface area (Å²) >= 11 is 1.68. The number of thiazole rings is 1. The molecule has 2 heterocycles. The minimum absolute atomic E-state index is 0.519. The van der Waals surface area contributed by atoms with Crippen LogP contribution in [0.2, 0.25) is 0 Å². The normalized spacial score (nSPS) is 10.3. The van der Waals surface area contributed by atoms with Crippen molar-refractivity contribution < 1.29 is 4.74 Å². The van der Waals surface area contributed by atoms with Crippen LogP contribution in [0.15, 0.2) is 24.5 Å². The Morgan fingerprint density at radius 3 is 2.87 bits per heavy atom. The summed E-state index contributed by atoms with van der Waals surface area (Å²) in [4.78, 5) is 9.63. The summed E-state index contributed by atoms with van der Waals surface area (Å²) in [5, 5.41) is 1.01. The topological polar surface area (TPSA) is 35.0 Å². The lowest BCUT2D eigenvalue weighted by Crippen LogP contribution is -1.94. The van der Waals surface area contributed by atoms with Crippen molar-refractivity contribution in [3.8, 4) is 5.75 Å². The maximum Gasteiger partial charge on any atom is 0.140 e. The number of aromatic nitrogens is 2. The summed E-state index contributed by atoms with van der Waals surface area (Å²) in [6.45, 7) is 4.60. The largest absolute Gasteiger partial charge is 0.485 e. The lowest BCUT2D eigenvalue weighted by Gasteiger charge is -2.01. The maximum atomic E-state index is 5.55. The summed E-state index contributed by atoms with van der Waals surface area (Å²) < 4.78 is 5.55. The van der Waals surface area contributed by atoms with E-state index >= 15 is 0 Å². The molecule has 0 amide bonds. The lowest BCUT2D eigenvalue weighted by atomic mass is 10.4. The van der Waals surface area contributed by atoms with Gasteiger partial charge in [-0.2, -0.15) is 0 Å². The Morgan fingerprint density at radius 1 is 1.40 bits per heavy atom. The Morgan fingerprint density at radius 2 is 2.27 bits per heavy atom. The van der Waals surface area contributed by atoms with Gasteiger partial charge in [0, 0.05) is 11.1 Å². The molecule has 15 heavy (non-hydrogen) atoms. The van der Waals surface area contributed by atoms with E-state index in [-0.39, 0.29) is 0 Å². The first-order valence-corrected chi connectivity index (χ1v) is 5.53. The van der Waals surface area contributed by atoms with Crippen molar-refractivity contribution in [1.82, 2.24) is 9.97 Å². The van der Waals surface area contributed by atoms with Crippen LogP contribution >= 0.6 is 11.3 Å². The quantitative estimate of drug-likeness (QED) is 0.797. The smallest absolute Gasteiger partial charge is 0.140 e. The van der Waals surface area contributed by atoms with Crippen LogP contribution in [0.5, 0.6) is 5.75 Å². The second-order valence-corrected chi connectivity index (χ2v) is 4.51. The van der Waals surface area contributed by atoms with E-state index in [1.54, 1.807) is 23.7 Å². The molecule has 0 aliphatic rings. The van der Waals surface area contributed by atoms with Crippen LogP contribution in [0.25, 0.3) is 0 Å². The molecule has 78 valence electrons. The summed E-state index contributed by atoms with van der Waals surface area (Å²) in [7, 11) is 0. The van der Waals surface area contributed by atoms with Gasteiger partial charge >= 0.3 is 0 Å². The molecular weight excluding hydrogens is 208 g/mol. The minimum Gasteiger partial charge on any atom is -0.485 e. The van der Waals surface area contributed by atoms with Crippen LogP contribution < -0.4 is 4.74 Å². The highest BCUT2D eigenvalue weighted by Gasteiger charge is 2.03. The van der Waals surface area contributed by atoms with Crippen molar-refractivity contribution in [3.05, 3.63) is 40.1 Å². The maximum absolute atomic E-state index is 5.55. The van der Waals surface area contributed by atoms with Gasteiger partial charge in [0.25, 0.3) is 0 Å². The second-order valence-electron chi connectivity index (χ2n) is 3.23. The zero-order valence-corrected chi connectivity index (χ0v) is 9.54. The molecule has 0 aromatic carbocycles. The number of hydrogen-bond donors (Lipinski definition) is 0. The van der Waals surface area contributed by atoms with Crippen molar-refractivity contribution in [1.29, 1.82) is 0 Å². The molecule has 0 fully saturated rings. The molecule has 0 unspecified atom stereocenters. The van der Waals surface area contributed by atoms with Gasteiger partial charge in [0.15, 0.2) is 0 Å². The van der Waals surface area contributed by atoms with Gasteiger partial charge in [0.05, 0.1) is 11.9 Å². The van der Waals surface area contributed by atoms with E-state index in [1.807, 2.05) is 19.1 Å². The monoisotopic (exact) mass is 220 g/mol. The molecule has 3 nitrogen and oxygen atoms in total. The van der Waals surface area contributed by atoms with Crippen molar-refractivity contribution in [3.63, 3.8) is 0 Å². The van der Waals surface area contributed by atoms with Crippen LogP contribution in [-0.2, 0) is 6.61 Å². The molecule has 0 bridgehead atoms. The number of hydrogen-bond acceptors (Lipinski definition) is 4. The van der Waals surface area contributed by atoms with Gasteiger partial charge in [-0.3, -0.25) is 4.98 Å². The fourth-order valence-electron chi connectivity index (χ4n) is 1.18. The predicted octanol–water partition coefficient (Wildman–Crippen LogP) is 2.73. The molecule has 0 saturated heterocycles. The number of rotatable bonds is 3. The van der Waals surface area contributed by atoms with Crippen LogP contribution in [0.3, 0.4) is 0 Å². The molecule has 2 aromatic heterocycles. The van der Waals surface area contributed by atoms with Crippen LogP contribution in [-0.4, -0.2) is 9.97 Å². The van der Waals surface area contributed by atoms with Crippen LogP contribution in [0.1, 0.15) is 15.6 Å². The van der Waals surface area contributed by atoms with Crippen molar-refractivity contribution in [2.45, 2.75) is 20.5 Å². The molecule has 0 spiro atoms. The molecule has 2 rings (SSSR count). The zero-order valence-electron chi connectivity index (χ0n) is 8.73. The number of ether oxygens (including phenoxy) is 1. The predicted molar refractivity (Wildman–Crippen MR) is 60.2 cm³/mol. The standard InChI is InChI=1S/C11H12N2OS/c1-8-9(2)15-11(13-8)7-14-10-4-3-5-12-6-10/h3-6H,7H2,1-2H3. The SMILES string of the molecule is Cc1nc(COc2cccnc2)sc1C. The molecule has 0 N–H and O–H groups in total. The highest BCUT2D eigenvalue weighted by Crippen LogP contribution is 2.18. The number of pyridine rings is 1. The van der Waals surface area contributed by atoms with Gasteiger partial charge in [0.1, 0.15) is 17.4 Å². The van der Waals surface area contributed by atoms with Gasteiger partial charge in [-0.1, -0.05) is 0 Å². The molecule has 2 aromatic rings. The highest BCUT2D eigenvalue weighted by atomic mass is 32.1. The van der Waals surface area contributed by atoms with Gasteiger partial charge in [-0.05, 0) is 26.0 Å². The molecule has 0 aliphatic carbocycles. The van der Waals surface area contributed by atoms with E-state index in [0.29, 0.717) is 6.61 Å². The van der Waals surface area contributed by atoms with Gasteiger partial charge in [-0.15, -0.1) is 11.3 Å². The third-order valence-corrected chi connectivity index (χ3v) is 3.12. The minimum atomic E-state index is 0.519.